The Morgan fingerprint density at radius 1 is 1.44 bits per heavy atom. The Morgan fingerprint density at radius 2 is 2.06 bits per heavy atom. The standard InChI is InChI=1S/C15H21NO2/c1-9-6-13-11(7-12(9)14(17)18)10(2)8-15(3,4)16(13)5/h6-7,10H,8H2,1-5H3,(H,17,18). The Labute approximate surface area is 108 Å². The van der Waals surface area contributed by atoms with E-state index in [-0.39, 0.29) is 5.54 Å². The minimum absolute atomic E-state index is 0.115. The predicted octanol–water partition coefficient (Wildman–Crippen LogP) is 3.42. The van der Waals surface area contributed by atoms with Gasteiger partial charge in [0.15, 0.2) is 0 Å². The van der Waals surface area contributed by atoms with E-state index in [1.807, 2.05) is 19.1 Å². The lowest BCUT2D eigenvalue weighted by atomic mass is 9.79. The van der Waals surface area contributed by atoms with Crippen LogP contribution >= 0.6 is 0 Å². The largest absolute Gasteiger partial charge is 0.478 e. The summed E-state index contributed by atoms with van der Waals surface area (Å²) in [6, 6.07) is 3.86. The molecule has 0 bridgehead atoms. The van der Waals surface area contributed by atoms with Crippen LogP contribution < -0.4 is 4.90 Å². The number of carboxylic acid groups (broad SMARTS) is 1. The van der Waals surface area contributed by atoms with Gasteiger partial charge in [0.05, 0.1) is 5.56 Å². The predicted molar refractivity (Wildman–Crippen MR) is 73.7 cm³/mol. The number of fused-ring (bicyclic) bond motifs is 1. The van der Waals surface area contributed by atoms with E-state index >= 15 is 0 Å². The molecule has 1 N–H and O–H groups in total. The maximum Gasteiger partial charge on any atom is 0.335 e. The summed E-state index contributed by atoms with van der Waals surface area (Å²) >= 11 is 0. The number of nitrogens with zero attached hydrogens (tertiary/aromatic N) is 1. The van der Waals surface area contributed by atoms with Gasteiger partial charge in [0.25, 0.3) is 0 Å². The van der Waals surface area contributed by atoms with E-state index in [9.17, 15) is 9.90 Å². The lowest BCUT2D eigenvalue weighted by molar-refractivity contribution is 0.0696. The number of rotatable bonds is 1. The maximum atomic E-state index is 11.2. The van der Waals surface area contributed by atoms with Crippen LogP contribution in [0.15, 0.2) is 12.1 Å². The van der Waals surface area contributed by atoms with Crippen LogP contribution in [0.1, 0.15) is 54.6 Å². The Morgan fingerprint density at radius 3 is 2.61 bits per heavy atom. The van der Waals surface area contributed by atoms with Gasteiger partial charge in [-0.2, -0.15) is 0 Å². The van der Waals surface area contributed by atoms with Crippen molar-refractivity contribution >= 4 is 11.7 Å². The molecule has 0 fully saturated rings. The summed E-state index contributed by atoms with van der Waals surface area (Å²) in [6.07, 6.45) is 1.04. The minimum Gasteiger partial charge on any atom is -0.478 e. The van der Waals surface area contributed by atoms with Crippen LogP contribution in [0.2, 0.25) is 0 Å². The van der Waals surface area contributed by atoms with Crippen LogP contribution in [-0.2, 0) is 0 Å². The Bertz CT molecular complexity index is 505. The van der Waals surface area contributed by atoms with Gasteiger partial charge in [0.2, 0.25) is 0 Å². The van der Waals surface area contributed by atoms with Gasteiger partial charge in [0.1, 0.15) is 0 Å². The molecule has 1 unspecified atom stereocenters. The zero-order chi connectivity index (χ0) is 13.7. The molecule has 0 saturated heterocycles. The first-order valence-corrected chi connectivity index (χ1v) is 6.35. The molecule has 1 aliphatic heterocycles. The average Bonchev–Trinajstić information content (AvgIpc) is 2.24. The second-order valence-electron chi connectivity index (χ2n) is 6.01. The van der Waals surface area contributed by atoms with Crippen molar-refractivity contribution in [1.82, 2.24) is 0 Å². The third-order valence-corrected chi connectivity index (χ3v) is 4.21. The van der Waals surface area contributed by atoms with E-state index in [2.05, 4.69) is 32.7 Å². The number of benzene rings is 1. The number of aromatic carboxylic acids is 1. The Kier molecular flexibility index (Phi) is 2.88. The second kappa shape index (κ2) is 4.01. The van der Waals surface area contributed by atoms with Gasteiger partial charge < -0.3 is 10.0 Å². The molecule has 0 radical (unpaired) electrons. The molecule has 2 rings (SSSR count). The van der Waals surface area contributed by atoms with Crippen molar-refractivity contribution in [2.24, 2.45) is 0 Å². The summed E-state index contributed by atoms with van der Waals surface area (Å²) in [7, 11) is 2.09. The van der Waals surface area contributed by atoms with Gasteiger partial charge in [-0.1, -0.05) is 6.92 Å². The monoisotopic (exact) mass is 247 g/mol. The van der Waals surface area contributed by atoms with Gasteiger partial charge in [0, 0.05) is 18.3 Å². The molecular weight excluding hydrogens is 226 g/mol. The molecule has 3 nitrogen and oxygen atoms in total. The fraction of sp³-hybridized carbons (Fsp3) is 0.533. The lowest BCUT2D eigenvalue weighted by Crippen LogP contribution is -2.45. The highest BCUT2D eigenvalue weighted by atomic mass is 16.4. The number of aryl methyl sites for hydroxylation is 1. The molecule has 3 heteroatoms. The molecule has 0 spiro atoms. The molecule has 18 heavy (non-hydrogen) atoms. The molecule has 0 saturated carbocycles. The van der Waals surface area contributed by atoms with E-state index in [4.69, 9.17) is 0 Å². The van der Waals surface area contributed by atoms with Crippen LogP contribution in [0.25, 0.3) is 0 Å². The smallest absolute Gasteiger partial charge is 0.335 e. The third-order valence-electron chi connectivity index (χ3n) is 4.21. The molecule has 1 aliphatic rings. The van der Waals surface area contributed by atoms with Crippen LogP contribution in [0.4, 0.5) is 5.69 Å². The Hall–Kier alpha value is -1.51. The Balaban J connectivity index is 2.62. The van der Waals surface area contributed by atoms with Crippen molar-refractivity contribution in [3.8, 4) is 0 Å². The van der Waals surface area contributed by atoms with E-state index in [1.165, 1.54) is 5.69 Å². The fourth-order valence-corrected chi connectivity index (χ4v) is 2.95. The zero-order valence-corrected chi connectivity index (χ0v) is 11.7. The van der Waals surface area contributed by atoms with E-state index in [0.717, 1.165) is 17.5 Å². The van der Waals surface area contributed by atoms with Crippen molar-refractivity contribution in [3.63, 3.8) is 0 Å². The summed E-state index contributed by atoms with van der Waals surface area (Å²) in [5.41, 5.74) is 3.69. The molecule has 1 aromatic carbocycles. The molecule has 1 aromatic rings. The van der Waals surface area contributed by atoms with Crippen LogP contribution in [0, 0.1) is 6.92 Å². The van der Waals surface area contributed by atoms with Crippen molar-refractivity contribution in [1.29, 1.82) is 0 Å². The van der Waals surface area contributed by atoms with E-state index in [1.54, 1.807) is 0 Å². The molecule has 1 atom stereocenters. The minimum atomic E-state index is -0.838. The first-order valence-electron chi connectivity index (χ1n) is 6.35. The summed E-state index contributed by atoms with van der Waals surface area (Å²) < 4.78 is 0. The maximum absolute atomic E-state index is 11.2. The van der Waals surface area contributed by atoms with Gasteiger partial charge in [-0.05, 0) is 56.4 Å². The molecule has 0 aromatic heterocycles. The number of hydrogen-bond acceptors (Lipinski definition) is 2. The van der Waals surface area contributed by atoms with E-state index in [0.29, 0.717) is 11.5 Å². The van der Waals surface area contributed by atoms with Crippen molar-refractivity contribution < 1.29 is 9.90 Å². The highest BCUT2D eigenvalue weighted by Crippen LogP contribution is 2.43. The number of carbonyl (C=O) groups is 1. The van der Waals surface area contributed by atoms with Gasteiger partial charge >= 0.3 is 5.97 Å². The third kappa shape index (κ3) is 1.88. The normalized spacial score (nSPS) is 21.6. The van der Waals surface area contributed by atoms with Crippen LogP contribution in [-0.4, -0.2) is 23.7 Å². The zero-order valence-electron chi connectivity index (χ0n) is 11.7. The van der Waals surface area contributed by atoms with E-state index < -0.39 is 5.97 Å². The molecule has 0 aliphatic carbocycles. The quantitative estimate of drug-likeness (QED) is 0.826. The van der Waals surface area contributed by atoms with Crippen molar-refractivity contribution in [2.75, 3.05) is 11.9 Å². The number of anilines is 1. The first-order chi connectivity index (χ1) is 8.24. The van der Waals surface area contributed by atoms with Gasteiger partial charge in [-0.25, -0.2) is 4.79 Å². The van der Waals surface area contributed by atoms with Crippen LogP contribution in [0.5, 0.6) is 0 Å². The van der Waals surface area contributed by atoms with Crippen LogP contribution in [0.3, 0.4) is 0 Å². The lowest BCUT2D eigenvalue weighted by Gasteiger charge is -2.45. The fourth-order valence-electron chi connectivity index (χ4n) is 2.95. The first kappa shape index (κ1) is 12.9. The van der Waals surface area contributed by atoms with Crippen molar-refractivity contribution in [2.45, 2.75) is 45.6 Å². The molecule has 0 amide bonds. The highest BCUT2D eigenvalue weighted by Gasteiger charge is 2.34. The number of hydrogen-bond donors (Lipinski definition) is 1. The second-order valence-corrected chi connectivity index (χ2v) is 6.01. The topological polar surface area (TPSA) is 40.5 Å². The summed E-state index contributed by atoms with van der Waals surface area (Å²) in [5, 5.41) is 9.21. The van der Waals surface area contributed by atoms with Crippen molar-refractivity contribution in [3.05, 3.63) is 28.8 Å². The molecule has 1 heterocycles. The summed E-state index contributed by atoms with van der Waals surface area (Å²) in [4.78, 5) is 13.5. The SMILES string of the molecule is Cc1cc2c(cc1C(=O)O)C(C)CC(C)(C)N2C. The summed E-state index contributed by atoms with van der Waals surface area (Å²) in [5.74, 6) is -0.445. The molecular formula is C15H21NO2. The summed E-state index contributed by atoms with van der Waals surface area (Å²) in [6.45, 7) is 8.50. The van der Waals surface area contributed by atoms with Gasteiger partial charge in [-0.3, -0.25) is 0 Å². The van der Waals surface area contributed by atoms with Gasteiger partial charge in [-0.15, -0.1) is 0 Å². The molecule has 98 valence electrons. The highest BCUT2D eigenvalue weighted by molar-refractivity contribution is 5.90. The number of carboxylic acids is 1. The average molecular weight is 247 g/mol.